The number of aryl methyl sites for hydroxylation is 3. The van der Waals surface area contributed by atoms with Crippen molar-refractivity contribution in [1.82, 2.24) is 15.3 Å². The van der Waals surface area contributed by atoms with Gasteiger partial charge in [-0.15, -0.1) is 0 Å². The van der Waals surface area contributed by atoms with Gasteiger partial charge in [-0.1, -0.05) is 29.8 Å². The Morgan fingerprint density at radius 3 is 2.46 bits per heavy atom. The molecule has 0 aliphatic rings. The van der Waals surface area contributed by atoms with Crippen LogP contribution in [-0.4, -0.2) is 15.9 Å². The van der Waals surface area contributed by atoms with Gasteiger partial charge in [-0.05, 0) is 61.7 Å². The first-order valence-corrected chi connectivity index (χ1v) is 9.12. The number of hydrogen-bond donors (Lipinski definition) is 2. The zero-order chi connectivity index (χ0) is 20.3. The molecular formula is C21H20ClFN4O. The fraction of sp³-hybridized carbons (Fsp3) is 0.190. The van der Waals surface area contributed by atoms with Gasteiger partial charge >= 0.3 is 0 Å². The predicted molar refractivity (Wildman–Crippen MR) is 109 cm³/mol. The molecule has 0 saturated carbocycles. The molecule has 0 unspecified atom stereocenters. The van der Waals surface area contributed by atoms with Crippen molar-refractivity contribution < 1.29 is 9.18 Å². The molecule has 3 aromatic rings. The second kappa shape index (κ2) is 8.35. The minimum Gasteiger partial charge on any atom is -0.347 e. The Balaban J connectivity index is 1.77. The van der Waals surface area contributed by atoms with Gasteiger partial charge in [-0.2, -0.15) is 0 Å². The van der Waals surface area contributed by atoms with Crippen LogP contribution in [0.5, 0.6) is 0 Å². The van der Waals surface area contributed by atoms with Gasteiger partial charge < -0.3 is 10.6 Å². The van der Waals surface area contributed by atoms with Crippen LogP contribution in [0.2, 0.25) is 5.02 Å². The molecule has 0 fully saturated rings. The zero-order valence-corrected chi connectivity index (χ0v) is 16.6. The van der Waals surface area contributed by atoms with Crippen molar-refractivity contribution >= 4 is 29.1 Å². The Labute approximate surface area is 168 Å². The molecule has 0 radical (unpaired) electrons. The Bertz CT molecular complexity index is 998. The van der Waals surface area contributed by atoms with Gasteiger partial charge in [0.2, 0.25) is 5.95 Å². The van der Waals surface area contributed by atoms with E-state index < -0.39 is 0 Å². The van der Waals surface area contributed by atoms with E-state index in [2.05, 4.69) is 20.6 Å². The lowest BCUT2D eigenvalue weighted by Gasteiger charge is -2.13. The number of carbonyl (C=O) groups is 1. The highest BCUT2D eigenvalue weighted by Crippen LogP contribution is 2.29. The minimum absolute atomic E-state index is 0.234. The van der Waals surface area contributed by atoms with Gasteiger partial charge in [0.05, 0.1) is 10.7 Å². The number of hydrogen-bond acceptors (Lipinski definition) is 4. The highest BCUT2D eigenvalue weighted by atomic mass is 35.5. The van der Waals surface area contributed by atoms with Crippen LogP contribution in [0.3, 0.4) is 0 Å². The molecule has 0 bridgehead atoms. The molecule has 0 spiro atoms. The van der Waals surface area contributed by atoms with E-state index >= 15 is 0 Å². The number of halogens is 2. The number of nitrogens with one attached hydrogen (secondary N) is 2. The number of amides is 1. The molecule has 0 aliphatic heterocycles. The zero-order valence-electron chi connectivity index (χ0n) is 15.8. The first-order chi connectivity index (χ1) is 13.3. The van der Waals surface area contributed by atoms with E-state index in [4.69, 9.17) is 11.6 Å². The Kier molecular flexibility index (Phi) is 5.90. The number of anilines is 2. The average Bonchev–Trinajstić information content (AvgIpc) is 2.63. The fourth-order valence-corrected chi connectivity index (χ4v) is 3.17. The maximum absolute atomic E-state index is 13.0. The van der Waals surface area contributed by atoms with Crippen molar-refractivity contribution in [2.45, 2.75) is 27.3 Å². The molecule has 7 heteroatoms. The van der Waals surface area contributed by atoms with Crippen molar-refractivity contribution in [2.24, 2.45) is 0 Å². The second-order valence-electron chi connectivity index (χ2n) is 6.59. The first kappa shape index (κ1) is 19.8. The van der Waals surface area contributed by atoms with E-state index in [-0.39, 0.29) is 24.0 Å². The molecule has 5 nitrogen and oxygen atoms in total. The van der Waals surface area contributed by atoms with Crippen LogP contribution in [0.15, 0.2) is 42.5 Å². The van der Waals surface area contributed by atoms with Gasteiger partial charge in [0.25, 0.3) is 5.91 Å². The predicted octanol–water partition coefficient (Wildman–Crippen LogP) is 4.87. The summed E-state index contributed by atoms with van der Waals surface area (Å²) in [4.78, 5) is 21.1. The molecule has 2 aromatic carbocycles. The highest BCUT2D eigenvalue weighted by molar-refractivity contribution is 6.33. The monoisotopic (exact) mass is 398 g/mol. The van der Waals surface area contributed by atoms with Gasteiger partial charge in [-0.25, -0.2) is 14.4 Å². The van der Waals surface area contributed by atoms with Crippen LogP contribution in [-0.2, 0) is 6.54 Å². The van der Waals surface area contributed by atoms with Crippen molar-refractivity contribution in [2.75, 3.05) is 5.32 Å². The molecule has 1 heterocycles. The molecule has 28 heavy (non-hydrogen) atoms. The van der Waals surface area contributed by atoms with Crippen LogP contribution < -0.4 is 10.6 Å². The number of nitrogens with zero attached hydrogens (tertiary/aromatic N) is 2. The molecular weight excluding hydrogens is 379 g/mol. The Morgan fingerprint density at radius 2 is 1.79 bits per heavy atom. The largest absolute Gasteiger partial charge is 0.347 e. The summed E-state index contributed by atoms with van der Waals surface area (Å²) < 4.78 is 13.0. The Morgan fingerprint density at radius 1 is 1.07 bits per heavy atom. The summed E-state index contributed by atoms with van der Waals surface area (Å²) in [6.07, 6.45) is 0. The topological polar surface area (TPSA) is 66.9 Å². The van der Waals surface area contributed by atoms with Gasteiger partial charge in [0.15, 0.2) is 0 Å². The van der Waals surface area contributed by atoms with Crippen LogP contribution in [0.25, 0.3) is 0 Å². The van der Waals surface area contributed by atoms with Gasteiger partial charge in [0, 0.05) is 12.2 Å². The number of benzene rings is 2. The maximum atomic E-state index is 13.0. The first-order valence-electron chi connectivity index (χ1n) is 8.74. The third-order valence-corrected chi connectivity index (χ3v) is 4.42. The average molecular weight is 399 g/mol. The molecule has 1 amide bonds. The quantitative estimate of drug-likeness (QED) is 0.643. The van der Waals surface area contributed by atoms with Crippen LogP contribution >= 0.6 is 11.6 Å². The lowest BCUT2D eigenvalue weighted by Crippen LogP contribution is -2.24. The third-order valence-electron chi connectivity index (χ3n) is 4.12. The lowest BCUT2D eigenvalue weighted by atomic mass is 10.1. The van der Waals surface area contributed by atoms with E-state index in [0.717, 1.165) is 16.7 Å². The van der Waals surface area contributed by atoms with E-state index in [0.29, 0.717) is 22.4 Å². The fourth-order valence-electron chi connectivity index (χ4n) is 2.80. The summed E-state index contributed by atoms with van der Waals surface area (Å²) >= 11 is 6.33. The summed E-state index contributed by atoms with van der Waals surface area (Å²) in [5, 5.41) is 6.45. The molecule has 2 N–H and O–H groups in total. The third kappa shape index (κ3) is 4.84. The van der Waals surface area contributed by atoms with E-state index in [1.54, 1.807) is 25.1 Å². The molecule has 0 aliphatic carbocycles. The molecule has 1 aromatic heterocycles. The maximum Gasteiger partial charge on any atom is 0.270 e. The number of aromatic nitrogens is 2. The molecule has 144 valence electrons. The number of carbonyl (C=O) groups excluding carboxylic acids is 1. The summed E-state index contributed by atoms with van der Waals surface area (Å²) in [6.45, 7) is 5.96. The normalized spacial score (nSPS) is 10.6. The molecule has 0 atom stereocenters. The number of rotatable bonds is 5. The van der Waals surface area contributed by atoms with Crippen molar-refractivity contribution in [1.29, 1.82) is 0 Å². The highest BCUT2D eigenvalue weighted by Gasteiger charge is 2.13. The van der Waals surface area contributed by atoms with Crippen molar-refractivity contribution in [3.63, 3.8) is 0 Å². The van der Waals surface area contributed by atoms with E-state index in [1.165, 1.54) is 12.1 Å². The van der Waals surface area contributed by atoms with Gasteiger partial charge in [0.1, 0.15) is 11.5 Å². The second-order valence-corrected chi connectivity index (χ2v) is 7.00. The SMILES string of the molecule is Cc1cc(C)c(Nc2nc(C)cc(C(=O)NCc3ccc(F)cc3)n2)c(Cl)c1. The van der Waals surface area contributed by atoms with Crippen molar-refractivity contribution in [3.05, 3.63) is 81.4 Å². The summed E-state index contributed by atoms with van der Waals surface area (Å²) in [6, 6.07) is 11.4. The summed E-state index contributed by atoms with van der Waals surface area (Å²) in [5.74, 6) is -0.368. The summed E-state index contributed by atoms with van der Waals surface area (Å²) in [5.41, 5.74) is 4.39. The lowest BCUT2D eigenvalue weighted by molar-refractivity contribution is 0.0945. The Hall–Kier alpha value is -2.99. The smallest absolute Gasteiger partial charge is 0.270 e. The minimum atomic E-state index is -0.343. The molecule has 3 rings (SSSR count). The van der Waals surface area contributed by atoms with Gasteiger partial charge in [-0.3, -0.25) is 4.79 Å². The van der Waals surface area contributed by atoms with Crippen LogP contribution in [0.4, 0.5) is 16.0 Å². The van der Waals surface area contributed by atoms with Crippen molar-refractivity contribution in [3.8, 4) is 0 Å². The van der Waals surface area contributed by atoms with E-state index in [1.807, 2.05) is 26.0 Å². The van der Waals surface area contributed by atoms with Crippen LogP contribution in [0.1, 0.15) is 32.9 Å². The molecule has 0 saturated heterocycles. The van der Waals surface area contributed by atoms with E-state index in [9.17, 15) is 9.18 Å². The standard InChI is InChI=1S/C21H20ClFN4O/c1-12-8-13(2)19(17(22)9-12)27-21-25-14(3)10-18(26-21)20(28)24-11-15-4-6-16(23)7-5-15/h4-10H,11H2,1-3H3,(H,24,28)(H,25,26,27). The summed E-state index contributed by atoms with van der Waals surface area (Å²) in [7, 11) is 0. The van der Waals surface area contributed by atoms with Crippen LogP contribution in [0, 0.1) is 26.6 Å².